The zero-order valence-electron chi connectivity index (χ0n) is 9.75. The molecule has 1 aromatic heterocycles. The minimum atomic E-state index is -1.29. The first kappa shape index (κ1) is 14.5. The summed E-state index contributed by atoms with van der Waals surface area (Å²) in [6, 6.07) is 7.44. The van der Waals surface area contributed by atoms with Gasteiger partial charge in [0.25, 0.3) is 0 Å². The van der Waals surface area contributed by atoms with Crippen LogP contribution in [0.2, 0.25) is 0 Å². The van der Waals surface area contributed by atoms with Gasteiger partial charge in [0.2, 0.25) is 0 Å². The summed E-state index contributed by atoms with van der Waals surface area (Å²) in [6.07, 6.45) is 1.34. The number of nitrogens with two attached hydrogens (primary N) is 1. The number of benzene rings is 1. The molecule has 0 saturated carbocycles. The average Bonchev–Trinajstić information content (AvgIpc) is 2.33. The number of carboxylic acid groups (broad SMARTS) is 1. The molecule has 0 saturated heterocycles. The Morgan fingerprint density at radius 1 is 1.33 bits per heavy atom. The maximum atomic E-state index is 10.7. The monoisotopic (exact) mass is 252 g/mol. The molecule has 0 amide bonds. The van der Waals surface area contributed by atoms with Crippen molar-refractivity contribution in [3.05, 3.63) is 42.1 Å². The van der Waals surface area contributed by atoms with Gasteiger partial charge in [-0.3, -0.25) is 4.98 Å². The largest absolute Gasteiger partial charge is 1.00 e. The van der Waals surface area contributed by atoms with Gasteiger partial charge in [0.15, 0.2) is 0 Å². The molecule has 0 unspecified atom stereocenters. The summed E-state index contributed by atoms with van der Waals surface area (Å²) < 4.78 is 0. The second-order valence-corrected chi connectivity index (χ2v) is 3.46. The van der Waals surface area contributed by atoms with E-state index in [-0.39, 0.29) is 46.6 Å². The number of nitrogens with zero attached hydrogens (tertiary/aromatic N) is 1. The van der Waals surface area contributed by atoms with Gasteiger partial charge in [-0.2, -0.15) is 0 Å². The quantitative estimate of drug-likeness (QED) is 0.347. The first-order chi connectivity index (χ1) is 8.09. The second kappa shape index (κ2) is 5.86. The van der Waals surface area contributed by atoms with E-state index in [0.717, 1.165) is 0 Å². The predicted molar refractivity (Wildman–Crippen MR) is 60.1 cm³/mol. The van der Waals surface area contributed by atoms with Crippen LogP contribution in [0.5, 0.6) is 5.75 Å². The first-order valence-electron chi connectivity index (χ1n) is 4.85. The third-order valence-electron chi connectivity index (χ3n) is 2.34. The number of rotatable bonds is 2. The van der Waals surface area contributed by atoms with Crippen LogP contribution >= 0.6 is 0 Å². The van der Waals surface area contributed by atoms with Crippen LogP contribution in [0, 0.1) is 0 Å². The molecule has 0 fully saturated rings. The Morgan fingerprint density at radius 3 is 2.72 bits per heavy atom. The number of pyridine rings is 1. The van der Waals surface area contributed by atoms with Crippen LogP contribution in [0.25, 0.3) is 11.3 Å². The van der Waals surface area contributed by atoms with Crippen LogP contribution in [0.1, 0.15) is 10.4 Å². The van der Waals surface area contributed by atoms with Crippen molar-refractivity contribution in [3.8, 4) is 17.0 Å². The maximum absolute atomic E-state index is 10.7. The Balaban J connectivity index is 0.00000162. The Bertz CT molecular complexity index is 587. The fourth-order valence-corrected chi connectivity index (χ4v) is 1.47. The number of aromatic hydroxyl groups is 1. The van der Waals surface area contributed by atoms with Gasteiger partial charge in [0.1, 0.15) is 5.75 Å². The van der Waals surface area contributed by atoms with Crippen molar-refractivity contribution < 1.29 is 44.6 Å². The van der Waals surface area contributed by atoms with Gasteiger partial charge in [-0.1, -0.05) is 6.07 Å². The van der Waals surface area contributed by atoms with E-state index in [1.807, 2.05) is 0 Å². The number of phenols is 1. The van der Waals surface area contributed by atoms with E-state index in [1.54, 1.807) is 18.2 Å². The van der Waals surface area contributed by atoms with Crippen molar-refractivity contribution in [1.29, 1.82) is 0 Å². The summed E-state index contributed by atoms with van der Waals surface area (Å²) in [4.78, 5) is 14.7. The zero-order valence-corrected chi connectivity index (χ0v) is 11.8. The fourth-order valence-electron chi connectivity index (χ4n) is 1.47. The topological polar surface area (TPSA) is 99.3 Å². The molecule has 0 radical (unpaired) electrons. The number of carboxylic acids is 1. The number of hydrogen-bond donors (Lipinski definition) is 2. The van der Waals surface area contributed by atoms with E-state index in [4.69, 9.17) is 5.73 Å². The predicted octanol–water partition coefficient (Wildman–Crippen LogP) is -2.60. The molecule has 0 atom stereocenters. The van der Waals surface area contributed by atoms with Crippen molar-refractivity contribution in [2.45, 2.75) is 0 Å². The number of hydrogen-bond acceptors (Lipinski definition) is 5. The van der Waals surface area contributed by atoms with Crippen molar-refractivity contribution in [2.24, 2.45) is 0 Å². The average molecular weight is 252 g/mol. The summed E-state index contributed by atoms with van der Waals surface area (Å²) >= 11 is 0. The van der Waals surface area contributed by atoms with Crippen molar-refractivity contribution >= 4 is 11.7 Å². The molecule has 2 aromatic rings. The normalized spacial score (nSPS) is 9.56. The van der Waals surface area contributed by atoms with Crippen LogP contribution in [0.15, 0.2) is 36.5 Å². The number of phenolic OH excluding ortho intramolecular Hbond substituents is 1. The molecule has 5 nitrogen and oxygen atoms in total. The second-order valence-electron chi connectivity index (χ2n) is 3.46. The molecule has 6 heteroatoms. The van der Waals surface area contributed by atoms with Crippen LogP contribution in [-0.2, 0) is 0 Å². The number of para-hydroxylation sites is 1. The van der Waals surface area contributed by atoms with Crippen LogP contribution in [0.4, 0.5) is 5.69 Å². The summed E-state index contributed by atoms with van der Waals surface area (Å²) in [5.41, 5.74) is 6.47. The molecular formula is C12H9N2NaO3. The van der Waals surface area contributed by atoms with Crippen LogP contribution in [-0.4, -0.2) is 16.1 Å². The molecular weight excluding hydrogens is 243 g/mol. The van der Waals surface area contributed by atoms with Crippen molar-refractivity contribution in [3.63, 3.8) is 0 Å². The molecule has 0 aliphatic rings. The molecule has 1 aromatic carbocycles. The summed E-state index contributed by atoms with van der Waals surface area (Å²) in [7, 11) is 0. The molecule has 0 bridgehead atoms. The minimum Gasteiger partial charge on any atom is -0.545 e. The summed E-state index contributed by atoms with van der Waals surface area (Å²) in [5, 5.41) is 20.5. The van der Waals surface area contributed by atoms with E-state index >= 15 is 0 Å². The van der Waals surface area contributed by atoms with E-state index in [1.165, 1.54) is 18.3 Å². The van der Waals surface area contributed by atoms with Crippen LogP contribution in [0.3, 0.4) is 0 Å². The standard InChI is InChI=1S/C12H10N2O3.Na/c13-9-3-1-2-8(11(9)15)10-6-7(12(16)17)4-5-14-10;/h1-6,15H,13H2,(H,16,17);/q;+1/p-1. The summed E-state index contributed by atoms with van der Waals surface area (Å²) in [5.74, 6) is -1.41. The van der Waals surface area contributed by atoms with Crippen molar-refractivity contribution in [2.75, 3.05) is 5.73 Å². The summed E-state index contributed by atoms with van der Waals surface area (Å²) in [6.45, 7) is 0. The van der Waals surface area contributed by atoms with Gasteiger partial charge in [0, 0.05) is 17.3 Å². The van der Waals surface area contributed by atoms with E-state index < -0.39 is 5.97 Å². The third-order valence-corrected chi connectivity index (χ3v) is 2.34. The molecule has 2 rings (SSSR count). The number of aromatic carboxylic acids is 1. The Morgan fingerprint density at radius 2 is 2.06 bits per heavy atom. The molecule has 1 heterocycles. The number of aromatic nitrogens is 1. The number of carbonyl (C=O) groups is 1. The van der Waals surface area contributed by atoms with Gasteiger partial charge >= 0.3 is 29.6 Å². The van der Waals surface area contributed by atoms with Crippen molar-refractivity contribution in [1.82, 2.24) is 4.98 Å². The number of carbonyl (C=O) groups excluding carboxylic acids is 1. The molecule has 0 spiro atoms. The Hall–Kier alpha value is -1.56. The van der Waals surface area contributed by atoms with E-state index in [0.29, 0.717) is 11.3 Å². The molecule has 0 aliphatic carbocycles. The molecule has 18 heavy (non-hydrogen) atoms. The molecule has 86 valence electrons. The molecule has 3 N–H and O–H groups in total. The van der Waals surface area contributed by atoms with Gasteiger partial charge < -0.3 is 20.7 Å². The zero-order chi connectivity index (χ0) is 12.4. The smallest absolute Gasteiger partial charge is 0.545 e. The first-order valence-corrected chi connectivity index (χ1v) is 4.85. The van der Waals surface area contributed by atoms with E-state index in [2.05, 4.69) is 4.98 Å². The fraction of sp³-hybridized carbons (Fsp3) is 0. The van der Waals surface area contributed by atoms with Gasteiger partial charge in [-0.05, 0) is 24.3 Å². The Labute approximate surface area is 126 Å². The molecule has 0 aliphatic heterocycles. The van der Waals surface area contributed by atoms with E-state index in [9.17, 15) is 15.0 Å². The maximum Gasteiger partial charge on any atom is 1.00 e. The third kappa shape index (κ3) is 2.81. The van der Waals surface area contributed by atoms with Crippen LogP contribution < -0.4 is 40.4 Å². The minimum absolute atomic E-state index is 0. The number of anilines is 1. The Kier molecular flexibility index (Phi) is 4.72. The van der Waals surface area contributed by atoms with Gasteiger partial charge in [-0.15, -0.1) is 0 Å². The van der Waals surface area contributed by atoms with Gasteiger partial charge in [-0.25, -0.2) is 0 Å². The SMILES string of the molecule is Nc1cccc(-c2cc(C(=O)[O-])ccn2)c1O.[Na+]. The van der Waals surface area contributed by atoms with Gasteiger partial charge in [0.05, 0.1) is 17.4 Å². The number of nitrogen functional groups attached to an aromatic ring is 1.